The lowest BCUT2D eigenvalue weighted by atomic mass is 10.1. The molecule has 0 amide bonds. The number of nitrogens with zero attached hydrogens (tertiary/aromatic N) is 2. The predicted molar refractivity (Wildman–Crippen MR) is 110 cm³/mol. The molecule has 0 aliphatic heterocycles. The Labute approximate surface area is 167 Å². The number of aromatic nitrogens is 3. The molecule has 0 aliphatic carbocycles. The van der Waals surface area contributed by atoms with Gasteiger partial charge in [0.2, 0.25) is 10.0 Å². The van der Waals surface area contributed by atoms with E-state index in [1.807, 2.05) is 49.6 Å². The van der Waals surface area contributed by atoms with Crippen molar-refractivity contribution < 1.29 is 8.42 Å². The first-order valence-electron chi connectivity index (χ1n) is 8.64. The van der Waals surface area contributed by atoms with Crippen molar-refractivity contribution in [3.05, 3.63) is 77.6 Å². The van der Waals surface area contributed by atoms with Crippen LogP contribution in [0, 0.1) is 6.92 Å². The topological polar surface area (TPSA) is 87.7 Å². The fourth-order valence-corrected chi connectivity index (χ4v) is 4.68. The minimum Gasteiger partial charge on any atom is -0.366 e. The van der Waals surface area contributed by atoms with Gasteiger partial charge in [-0.25, -0.2) is 13.1 Å². The fourth-order valence-electron chi connectivity index (χ4n) is 2.79. The summed E-state index contributed by atoms with van der Waals surface area (Å²) in [6.07, 6.45) is 3.80. The molecule has 0 saturated heterocycles. The number of hydrogen-bond acceptors (Lipinski definition) is 5. The highest BCUT2D eigenvalue weighted by Crippen LogP contribution is 2.33. The van der Waals surface area contributed by atoms with Crippen LogP contribution in [0.15, 0.2) is 71.9 Å². The Morgan fingerprint density at radius 3 is 2.43 bits per heavy atom. The number of aromatic amines is 1. The van der Waals surface area contributed by atoms with Crippen LogP contribution in [0.25, 0.3) is 21.7 Å². The molecule has 4 rings (SSSR count). The van der Waals surface area contributed by atoms with Gasteiger partial charge in [-0.2, -0.15) is 0 Å². The molecule has 2 aromatic heterocycles. The normalized spacial score (nSPS) is 11.6. The van der Waals surface area contributed by atoms with Gasteiger partial charge in [0, 0.05) is 23.5 Å². The second-order valence-electron chi connectivity index (χ2n) is 6.29. The van der Waals surface area contributed by atoms with Gasteiger partial charge in [0.25, 0.3) is 0 Å². The van der Waals surface area contributed by atoms with Crippen molar-refractivity contribution in [3.8, 4) is 21.7 Å². The monoisotopic (exact) mass is 410 g/mol. The third kappa shape index (κ3) is 3.89. The average Bonchev–Trinajstić information content (AvgIpc) is 3.37. The van der Waals surface area contributed by atoms with Gasteiger partial charge in [-0.3, -0.25) is 0 Å². The Hall–Kier alpha value is -2.81. The summed E-state index contributed by atoms with van der Waals surface area (Å²) in [6, 6.07) is 16.7. The highest BCUT2D eigenvalue weighted by atomic mass is 32.2. The quantitative estimate of drug-likeness (QED) is 0.503. The summed E-state index contributed by atoms with van der Waals surface area (Å²) in [4.78, 5) is 3.35. The summed E-state index contributed by atoms with van der Waals surface area (Å²) in [6.45, 7) is 2.01. The van der Waals surface area contributed by atoms with Crippen molar-refractivity contribution in [1.29, 1.82) is 0 Å². The fraction of sp³-hybridized carbons (Fsp3) is 0.100. The average molecular weight is 411 g/mol. The first-order chi connectivity index (χ1) is 13.5. The molecule has 2 aromatic carbocycles. The van der Waals surface area contributed by atoms with E-state index in [1.165, 1.54) is 11.3 Å². The second-order valence-corrected chi connectivity index (χ2v) is 9.12. The van der Waals surface area contributed by atoms with Crippen LogP contribution in [-0.2, 0) is 16.6 Å². The number of rotatable bonds is 6. The first kappa shape index (κ1) is 18.5. The molecule has 0 fully saturated rings. The van der Waals surface area contributed by atoms with Gasteiger partial charge in [-0.05, 0) is 24.6 Å². The molecule has 6 nitrogen and oxygen atoms in total. The van der Waals surface area contributed by atoms with Gasteiger partial charge < -0.3 is 4.98 Å². The van der Waals surface area contributed by atoms with Gasteiger partial charge in [-0.1, -0.05) is 59.4 Å². The van der Waals surface area contributed by atoms with Crippen molar-refractivity contribution in [1.82, 2.24) is 19.9 Å². The maximum absolute atomic E-state index is 12.4. The van der Waals surface area contributed by atoms with Gasteiger partial charge in [-0.15, -0.1) is 10.2 Å². The summed E-state index contributed by atoms with van der Waals surface area (Å²) in [5, 5.41) is 9.73. The van der Waals surface area contributed by atoms with Crippen molar-refractivity contribution in [2.75, 3.05) is 0 Å². The molecule has 0 radical (unpaired) electrons. The van der Waals surface area contributed by atoms with Gasteiger partial charge in [0.1, 0.15) is 10.0 Å². The number of H-pyrrole nitrogens is 1. The number of nitrogens with one attached hydrogen (secondary N) is 2. The Morgan fingerprint density at radius 1 is 0.964 bits per heavy atom. The summed E-state index contributed by atoms with van der Waals surface area (Å²) >= 11 is 1.37. The van der Waals surface area contributed by atoms with E-state index in [0.29, 0.717) is 5.01 Å². The zero-order chi connectivity index (χ0) is 19.6. The third-order valence-electron chi connectivity index (χ3n) is 4.27. The zero-order valence-corrected chi connectivity index (χ0v) is 16.7. The Balaban J connectivity index is 1.52. The molecule has 2 heterocycles. The summed E-state index contributed by atoms with van der Waals surface area (Å²) in [5.41, 5.74) is 4.06. The summed E-state index contributed by atoms with van der Waals surface area (Å²) < 4.78 is 27.5. The lowest BCUT2D eigenvalue weighted by Gasteiger charge is -2.05. The number of hydrogen-bond donors (Lipinski definition) is 2. The van der Waals surface area contributed by atoms with Crippen LogP contribution in [0.4, 0.5) is 0 Å². The van der Waals surface area contributed by atoms with Crippen LogP contribution in [0.5, 0.6) is 0 Å². The maximum atomic E-state index is 12.4. The van der Waals surface area contributed by atoms with E-state index in [4.69, 9.17) is 0 Å². The standard InChI is InChI=1S/C20H18N4O2S2/c1-14-7-9-16(10-8-14)28(25,26)22-13-19-23-24-20(27-19)18-12-21-11-17(18)15-5-3-2-4-6-15/h2-12,21-22H,13H2,1H3. The van der Waals surface area contributed by atoms with E-state index in [9.17, 15) is 8.42 Å². The molecule has 28 heavy (non-hydrogen) atoms. The predicted octanol–water partition coefficient (Wildman–Crippen LogP) is 3.99. The van der Waals surface area contributed by atoms with E-state index < -0.39 is 10.0 Å². The molecule has 0 atom stereocenters. The lowest BCUT2D eigenvalue weighted by molar-refractivity contribution is 0.581. The number of aryl methyl sites for hydroxylation is 1. The Bertz CT molecular complexity index is 1180. The van der Waals surface area contributed by atoms with Crippen LogP contribution in [0.2, 0.25) is 0 Å². The molecular formula is C20H18N4O2S2. The first-order valence-corrected chi connectivity index (χ1v) is 10.9. The SMILES string of the molecule is Cc1ccc(S(=O)(=O)NCc2nnc(-c3c[nH]cc3-c3ccccc3)s2)cc1. The third-order valence-corrected chi connectivity index (χ3v) is 6.65. The molecule has 0 unspecified atom stereocenters. The smallest absolute Gasteiger partial charge is 0.240 e. The summed E-state index contributed by atoms with van der Waals surface area (Å²) in [7, 11) is -3.59. The molecular weight excluding hydrogens is 392 g/mol. The highest BCUT2D eigenvalue weighted by molar-refractivity contribution is 7.89. The lowest BCUT2D eigenvalue weighted by Crippen LogP contribution is -2.23. The second kappa shape index (κ2) is 7.67. The molecule has 0 aliphatic rings. The molecule has 8 heteroatoms. The zero-order valence-electron chi connectivity index (χ0n) is 15.1. The van der Waals surface area contributed by atoms with Crippen LogP contribution in [0.3, 0.4) is 0 Å². The van der Waals surface area contributed by atoms with Crippen LogP contribution in [0.1, 0.15) is 10.6 Å². The van der Waals surface area contributed by atoms with E-state index in [1.54, 1.807) is 24.3 Å². The highest BCUT2D eigenvalue weighted by Gasteiger charge is 2.17. The maximum Gasteiger partial charge on any atom is 0.240 e. The Kier molecular flexibility index (Phi) is 5.08. The molecule has 0 bridgehead atoms. The van der Waals surface area contributed by atoms with Crippen molar-refractivity contribution >= 4 is 21.4 Å². The van der Waals surface area contributed by atoms with Crippen molar-refractivity contribution in [2.45, 2.75) is 18.4 Å². The van der Waals surface area contributed by atoms with Crippen LogP contribution in [-0.4, -0.2) is 23.6 Å². The molecule has 142 valence electrons. The van der Waals surface area contributed by atoms with Crippen molar-refractivity contribution in [3.63, 3.8) is 0 Å². The summed E-state index contributed by atoms with van der Waals surface area (Å²) in [5.74, 6) is 0. The van der Waals surface area contributed by atoms with E-state index >= 15 is 0 Å². The largest absolute Gasteiger partial charge is 0.366 e. The van der Waals surface area contributed by atoms with E-state index in [-0.39, 0.29) is 11.4 Å². The van der Waals surface area contributed by atoms with Gasteiger partial charge >= 0.3 is 0 Å². The minimum atomic E-state index is -3.59. The van der Waals surface area contributed by atoms with Gasteiger partial charge in [0.05, 0.1) is 11.4 Å². The number of sulfonamides is 1. The number of benzene rings is 2. The Morgan fingerprint density at radius 2 is 1.68 bits per heavy atom. The minimum absolute atomic E-state index is 0.0962. The van der Waals surface area contributed by atoms with Crippen LogP contribution < -0.4 is 4.72 Å². The van der Waals surface area contributed by atoms with Gasteiger partial charge in [0.15, 0.2) is 0 Å². The molecule has 4 aromatic rings. The molecule has 2 N–H and O–H groups in total. The van der Waals surface area contributed by atoms with Crippen LogP contribution >= 0.6 is 11.3 Å². The van der Waals surface area contributed by atoms with E-state index in [0.717, 1.165) is 27.3 Å². The van der Waals surface area contributed by atoms with E-state index in [2.05, 4.69) is 19.9 Å². The van der Waals surface area contributed by atoms with Crippen molar-refractivity contribution in [2.24, 2.45) is 0 Å². The molecule has 0 saturated carbocycles. The molecule has 0 spiro atoms.